The number of hydrogen-bond acceptors (Lipinski definition) is 4. The van der Waals surface area contributed by atoms with Crippen molar-refractivity contribution in [2.24, 2.45) is 0 Å². The van der Waals surface area contributed by atoms with E-state index >= 15 is 0 Å². The van der Waals surface area contributed by atoms with Crippen molar-refractivity contribution in [3.05, 3.63) is 52.2 Å². The van der Waals surface area contributed by atoms with Gasteiger partial charge < -0.3 is 10.4 Å². The second-order valence-corrected chi connectivity index (χ2v) is 4.53. The maximum absolute atomic E-state index is 11.0. The van der Waals surface area contributed by atoms with Gasteiger partial charge in [-0.15, -0.1) is 0 Å². The van der Waals surface area contributed by atoms with Crippen LogP contribution < -0.4 is 5.32 Å². The summed E-state index contributed by atoms with van der Waals surface area (Å²) in [5, 5.41) is 21.1. The fourth-order valence-corrected chi connectivity index (χ4v) is 1.91. The van der Waals surface area contributed by atoms with Crippen molar-refractivity contribution in [3.8, 4) is 6.07 Å². The number of aromatic nitrogens is 1. The Balaban J connectivity index is 2.35. The van der Waals surface area contributed by atoms with Crippen LogP contribution in [0.25, 0.3) is 0 Å². The minimum atomic E-state index is -1.02. The van der Waals surface area contributed by atoms with Crippen LogP contribution in [0, 0.1) is 18.3 Å². The molecule has 0 fully saturated rings. The molecule has 1 aromatic carbocycles. The van der Waals surface area contributed by atoms with Crippen molar-refractivity contribution in [2.75, 3.05) is 5.32 Å². The minimum Gasteiger partial charge on any atom is -0.478 e. The molecule has 5 nitrogen and oxygen atoms in total. The largest absolute Gasteiger partial charge is 0.478 e. The van der Waals surface area contributed by atoms with Gasteiger partial charge in [0.2, 0.25) is 0 Å². The third-order valence-electron chi connectivity index (χ3n) is 2.56. The van der Waals surface area contributed by atoms with E-state index in [2.05, 4.69) is 10.3 Å². The number of nitriles is 1. The summed E-state index contributed by atoms with van der Waals surface area (Å²) < 4.78 is 0. The summed E-state index contributed by atoms with van der Waals surface area (Å²) in [6, 6.07) is 9.67. The van der Waals surface area contributed by atoms with Gasteiger partial charge in [0, 0.05) is 5.69 Å². The summed E-state index contributed by atoms with van der Waals surface area (Å²) in [5.74, 6) is -0.640. The lowest BCUT2D eigenvalue weighted by Gasteiger charge is -2.09. The lowest BCUT2D eigenvalue weighted by atomic mass is 10.2. The Labute approximate surface area is 120 Å². The molecule has 0 unspecified atom stereocenters. The predicted molar refractivity (Wildman–Crippen MR) is 75.4 cm³/mol. The van der Waals surface area contributed by atoms with E-state index in [1.807, 2.05) is 6.07 Å². The van der Waals surface area contributed by atoms with Gasteiger partial charge in [0.25, 0.3) is 0 Å². The van der Waals surface area contributed by atoms with Crippen LogP contribution in [-0.2, 0) is 0 Å². The number of aryl methyl sites for hydroxylation is 1. The Morgan fingerprint density at radius 2 is 2.15 bits per heavy atom. The van der Waals surface area contributed by atoms with Crippen LogP contribution in [-0.4, -0.2) is 16.1 Å². The smallest absolute Gasteiger partial charge is 0.335 e. The van der Waals surface area contributed by atoms with Gasteiger partial charge in [-0.1, -0.05) is 11.6 Å². The average Bonchev–Trinajstić information content (AvgIpc) is 2.40. The Bertz CT molecular complexity index is 723. The van der Waals surface area contributed by atoms with Gasteiger partial charge >= 0.3 is 5.97 Å². The van der Waals surface area contributed by atoms with Gasteiger partial charge in [-0.3, -0.25) is 0 Å². The fraction of sp³-hybridized carbons (Fsp3) is 0.0714. The average molecular weight is 288 g/mol. The number of rotatable bonds is 3. The van der Waals surface area contributed by atoms with Crippen LogP contribution in [0.2, 0.25) is 5.02 Å². The summed E-state index contributed by atoms with van der Waals surface area (Å²) >= 11 is 6.04. The Morgan fingerprint density at radius 1 is 1.40 bits per heavy atom. The summed E-state index contributed by atoms with van der Waals surface area (Å²) in [5.41, 5.74) is 1.73. The SMILES string of the molecule is Cc1cc(C(=O)O)cc(Nc2ccc(C#N)cc2Cl)n1. The topological polar surface area (TPSA) is 86.0 Å². The summed E-state index contributed by atoms with van der Waals surface area (Å²) in [6.07, 6.45) is 0. The van der Waals surface area contributed by atoms with Crippen molar-refractivity contribution >= 4 is 29.1 Å². The van der Waals surface area contributed by atoms with E-state index in [0.29, 0.717) is 27.8 Å². The number of halogens is 1. The van der Waals surface area contributed by atoms with Crippen LogP contribution in [0.4, 0.5) is 11.5 Å². The van der Waals surface area contributed by atoms with Gasteiger partial charge in [0.05, 0.1) is 27.9 Å². The van der Waals surface area contributed by atoms with E-state index in [0.717, 1.165) is 0 Å². The second kappa shape index (κ2) is 5.59. The zero-order valence-electron chi connectivity index (χ0n) is 10.5. The monoisotopic (exact) mass is 287 g/mol. The Morgan fingerprint density at radius 3 is 2.75 bits per heavy atom. The molecule has 6 heteroatoms. The number of pyridine rings is 1. The lowest BCUT2D eigenvalue weighted by molar-refractivity contribution is 0.0696. The molecule has 1 heterocycles. The van der Waals surface area contributed by atoms with Crippen LogP contribution in [0.5, 0.6) is 0 Å². The third-order valence-corrected chi connectivity index (χ3v) is 2.87. The van der Waals surface area contributed by atoms with E-state index < -0.39 is 5.97 Å². The van der Waals surface area contributed by atoms with E-state index in [1.54, 1.807) is 19.1 Å². The number of benzene rings is 1. The molecule has 0 aliphatic rings. The standard InChI is InChI=1S/C14H10ClN3O2/c1-8-4-10(14(19)20)6-13(17-8)18-12-3-2-9(7-16)5-11(12)15/h2-6H,1H3,(H,17,18)(H,19,20). The van der Waals surface area contributed by atoms with Crippen LogP contribution in [0.3, 0.4) is 0 Å². The molecule has 0 aliphatic heterocycles. The third kappa shape index (κ3) is 3.05. The first-order chi connectivity index (χ1) is 9.49. The molecular formula is C14H10ClN3O2. The molecule has 0 amide bonds. The highest BCUT2D eigenvalue weighted by Crippen LogP contribution is 2.26. The molecule has 2 aromatic rings. The summed E-state index contributed by atoms with van der Waals surface area (Å²) in [7, 11) is 0. The molecule has 0 bridgehead atoms. The highest BCUT2D eigenvalue weighted by atomic mass is 35.5. The van der Waals surface area contributed by atoms with Crippen molar-refractivity contribution in [1.82, 2.24) is 4.98 Å². The van der Waals surface area contributed by atoms with Gasteiger partial charge in [0.15, 0.2) is 0 Å². The van der Waals surface area contributed by atoms with Crippen LogP contribution in [0.1, 0.15) is 21.6 Å². The van der Waals surface area contributed by atoms with Crippen molar-refractivity contribution in [2.45, 2.75) is 6.92 Å². The number of carboxylic acids is 1. The number of carbonyl (C=O) groups is 1. The highest BCUT2D eigenvalue weighted by molar-refractivity contribution is 6.33. The van der Waals surface area contributed by atoms with E-state index in [4.69, 9.17) is 22.0 Å². The van der Waals surface area contributed by atoms with Crippen LogP contribution in [0.15, 0.2) is 30.3 Å². The molecule has 100 valence electrons. The lowest BCUT2D eigenvalue weighted by Crippen LogP contribution is -2.02. The number of hydrogen-bond donors (Lipinski definition) is 2. The summed E-state index contributed by atoms with van der Waals surface area (Å²) in [4.78, 5) is 15.2. The van der Waals surface area contributed by atoms with E-state index in [1.165, 1.54) is 18.2 Å². The molecule has 0 aliphatic carbocycles. The first-order valence-corrected chi connectivity index (χ1v) is 6.06. The van der Waals surface area contributed by atoms with Crippen molar-refractivity contribution in [3.63, 3.8) is 0 Å². The zero-order valence-corrected chi connectivity index (χ0v) is 11.3. The van der Waals surface area contributed by atoms with Gasteiger partial charge in [-0.2, -0.15) is 5.26 Å². The van der Waals surface area contributed by atoms with Gasteiger partial charge in [0.1, 0.15) is 5.82 Å². The quantitative estimate of drug-likeness (QED) is 0.904. The Kier molecular flexibility index (Phi) is 3.87. The molecule has 2 N–H and O–H groups in total. The number of anilines is 2. The molecule has 2 rings (SSSR count). The maximum Gasteiger partial charge on any atom is 0.335 e. The van der Waals surface area contributed by atoms with Crippen LogP contribution >= 0.6 is 11.6 Å². The minimum absolute atomic E-state index is 0.143. The molecule has 0 radical (unpaired) electrons. The van der Waals surface area contributed by atoms with E-state index in [9.17, 15) is 4.79 Å². The first-order valence-electron chi connectivity index (χ1n) is 5.68. The van der Waals surface area contributed by atoms with E-state index in [-0.39, 0.29) is 5.56 Å². The maximum atomic E-state index is 11.0. The molecule has 20 heavy (non-hydrogen) atoms. The molecule has 0 saturated carbocycles. The number of aromatic carboxylic acids is 1. The Hall–Kier alpha value is -2.58. The van der Waals surface area contributed by atoms with Crippen molar-refractivity contribution in [1.29, 1.82) is 5.26 Å². The molecule has 0 saturated heterocycles. The van der Waals surface area contributed by atoms with Gasteiger partial charge in [-0.25, -0.2) is 9.78 Å². The second-order valence-electron chi connectivity index (χ2n) is 4.12. The molecule has 0 spiro atoms. The zero-order chi connectivity index (χ0) is 14.7. The molecule has 1 aromatic heterocycles. The number of nitrogens with zero attached hydrogens (tertiary/aromatic N) is 2. The first kappa shape index (κ1) is 13.8. The number of nitrogens with one attached hydrogen (secondary N) is 1. The predicted octanol–water partition coefficient (Wildman–Crippen LogP) is 3.36. The molecular weight excluding hydrogens is 278 g/mol. The highest BCUT2D eigenvalue weighted by Gasteiger charge is 2.08. The number of carboxylic acid groups (broad SMARTS) is 1. The van der Waals surface area contributed by atoms with Crippen molar-refractivity contribution < 1.29 is 9.90 Å². The van der Waals surface area contributed by atoms with Gasteiger partial charge in [-0.05, 0) is 37.3 Å². The summed E-state index contributed by atoms with van der Waals surface area (Å²) in [6.45, 7) is 1.71. The molecule has 0 atom stereocenters. The normalized spacial score (nSPS) is 9.85. The fourth-order valence-electron chi connectivity index (χ4n) is 1.68.